The summed E-state index contributed by atoms with van der Waals surface area (Å²) in [5, 5.41) is 14.4. The molecule has 0 unspecified atom stereocenters. The van der Waals surface area contributed by atoms with Gasteiger partial charge in [0.15, 0.2) is 6.61 Å². The second-order valence-corrected chi connectivity index (χ2v) is 4.12. The summed E-state index contributed by atoms with van der Waals surface area (Å²) >= 11 is 0. The summed E-state index contributed by atoms with van der Waals surface area (Å²) in [4.78, 5) is 25.5. The lowest BCUT2D eigenvalue weighted by Gasteiger charge is -2.04. The number of pyridine rings is 1. The van der Waals surface area contributed by atoms with Crippen LogP contribution >= 0.6 is 0 Å². The average Bonchev–Trinajstić information content (AvgIpc) is 2.54. The zero-order chi connectivity index (χ0) is 15.8. The van der Waals surface area contributed by atoms with Crippen LogP contribution in [0, 0.1) is 10.1 Å². The number of aromatic nitrogens is 1. The largest absolute Gasteiger partial charge is 0.483 e. The first-order valence-electron chi connectivity index (χ1n) is 6.24. The Labute approximate surface area is 125 Å². The summed E-state index contributed by atoms with van der Waals surface area (Å²) < 4.78 is 5.16. The lowest BCUT2D eigenvalue weighted by molar-refractivity contribution is -0.384. The Morgan fingerprint density at radius 3 is 2.86 bits per heavy atom. The lowest BCUT2D eigenvalue weighted by Crippen LogP contribution is -2.24. The Morgan fingerprint density at radius 2 is 2.14 bits per heavy atom. The molecule has 1 heterocycles. The fourth-order valence-electron chi connectivity index (χ4n) is 1.50. The smallest absolute Gasteiger partial charge is 0.277 e. The normalized spacial score (nSPS) is 10.4. The standard InChI is InChI=1S/C14H12N4O4/c19-14(17-16-9-11-4-6-15-7-5-11)10-22-13-3-1-2-12(8-13)18(20)21/h1-9H,10H2,(H,17,19). The van der Waals surface area contributed by atoms with Crippen LogP contribution in [0.15, 0.2) is 53.9 Å². The third-order valence-corrected chi connectivity index (χ3v) is 2.51. The summed E-state index contributed by atoms with van der Waals surface area (Å²) in [5.74, 6) is -0.237. The highest BCUT2D eigenvalue weighted by Crippen LogP contribution is 2.18. The van der Waals surface area contributed by atoms with Crippen molar-refractivity contribution < 1.29 is 14.5 Å². The Kier molecular flexibility index (Phi) is 5.14. The second kappa shape index (κ2) is 7.48. The summed E-state index contributed by atoms with van der Waals surface area (Å²) in [5.41, 5.74) is 2.97. The minimum atomic E-state index is -0.536. The number of hydrogen-bond acceptors (Lipinski definition) is 6. The number of carbonyl (C=O) groups excluding carboxylic acids is 1. The molecule has 8 nitrogen and oxygen atoms in total. The Bertz CT molecular complexity index is 688. The predicted octanol–water partition coefficient (Wildman–Crippen LogP) is 1.52. The molecule has 8 heteroatoms. The molecule has 1 aromatic carbocycles. The van der Waals surface area contributed by atoms with Crippen molar-refractivity contribution in [3.8, 4) is 5.75 Å². The van der Waals surface area contributed by atoms with Gasteiger partial charge >= 0.3 is 0 Å². The van der Waals surface area contributed by atoms with Gasteiger partial charge in [0.05, 0.1) is 17.2 Å². The zero-order valence-corrected chi connectivity index (χ0v) is 11.4. The van der Waals surface area contributed by atoms with E-state index in [1.165, 1.54) is 30.5 Å². The van der Waals surface area contributed by atoms with E-state index in [1.54, 1.807) is 24.5 Å². The van der Waals surface area contributed by atoms with Gasteiger partial charge in [-0.2, -0.15) is 5.10 Å². The van der Waals surface area contributed by atoms with Gasteiger partial charge in [-0.15, -0.1) is 0 Å². The number of carbonyl (C=O) groups is 1. The molecule has 1 amide bonds. The molecule has 0 spiro atoms. The molecule has 0 saturated carbocycles. The van der Waals surface area contributed by atoms with Crippen molar-refractivity contribution in [1.29, 1.82) is 0 Å². The maximum Gasteiger partial charge on any atom is 0.277 e. The van der Waals surface area contributed by atoms with Gasteiger partial charge in [0, 0.05) is 18.5 Å². The number of nitrogens with zero attached hydrogens (tertiary/aromatic N) is 3. The summed E-state index contributed by atoms with van der Waals surface area (Å²) in [6.45, 7) is -0.297. The molecule has 0 atom stereocenters. The molecular weight excluding hydrogens is 288 g/mol. The number of amides is 1. The maximum absolute atomic E-state index is 11.5. The van der Waals surface area contributed by atoms with Crippen LogP contribution in [-0.4, -0.2) is 28.6 Å². The van der Waals surface area contributed by atoms with Crippen LogP contribution in [0.4, 0.5) is 5.69 Å². The topological polar surface area (TPSA) is 107 Å². The Hall–Kier alpha value is -3.29. The first kappa shape index (κ1) is 15.1. The Balaban J connectivity index is 1.82. The minimum absolute atomic E-state index is 0.103. The van der Waals surface area contributed by atoms with E-state index in [-0.39, 0.29) is 18.0 Å². The van der Waals surface area contributed by atoms with Crippen LogP contribution in [0.2, 0.25) is 0 Å². The van der Waals surface area contributed by atoms with Crippen molar-refractivity contribution in [3.05, 3.63) is 64.5 Å². The van der Waals surface area contributed by atoms with Crippen LogP contribution in [0.25, 0.3) is 0 Å². The van der Waals surface area contributed by atoms with Crippen molar-refractivity contribution in [3.63, 3.8) is 0 Å². The van der Waals surface area contributed by atoms with Gasteiger partial charge in [-0.05, 0) is 23.8 Å². The third-order valence-electron chi connectivity index (χ3n) is 2.51. The van der Waals surface area contributed by atoms with Crippen LogP contribution in [0.1, 0.15) is 5.56 Å². The molecule has 2 rings (SSSR count). The molecule has 0 aliphatic rings. The van der Waals surface area contributed by atoms with Gasteiger partial charge < -0.3 is 4.74 Å². The number of benzene rings is 1. The quantitative estimate of drug-likeness (QED) is 0.494. The van der Waals surface area contributed by atoms with Gasteiger partial charge in [-0.1, -0.05) is 6.07 Å². The fraction of sp³-hybridized carbons (Fsp3) is 0.0714. The van der Waals surface area contributed by atoms with Crippen LogP contribution in [0.5, 0.6) is 5.75 Å². The molecule has 22 heavy (non-hydrogen) atoms. The number of rotatable bonds is 6. The highest BCUT2D eigenvalue weighted by atomic mass is 16.6. The van der Waals surface area contributed by atoms with E-state index in [4.69, 9.17) is 4.74 Å². The van der Waals surface area contributed by atoms with E-state index in [1.807, 2.05) is 0 Å². The van der Waals surface area contributed by atoms with Gasteiger partial charge in [-0.3, -0.25) is 19.9 Å². The van der Waals surface area contributed by atoms with Crippen LogP contribution in [0.3, 0.4) is 0 Å². The lowest BCUT2D eigenvalue weighted by atomic mass is 10.3. The molecule has 0 radical (unpaired) electrons. The number of hydrazone groups is 1. The number of hydrogen-bond donors (Lipinski definition) is 1. The summed E-state index contributed by atoms with van der Waals surface area (Å²) in [6.07, 6.45) is 4.68. The second-order valence-electron chi connectivity index (χ2n) is 4.12. The van der Waals surface area contributed by atoms with E-state index in [9.17, 15) is 14.9 Å². The van der Waals surface area contributed by atoms with Gasteiger partial charge in [0.1, 0.15) is 5.75 Å². The molecule has 1 N–H and O–H groups in total. The highest BCUT2D eigenvalue weighted by molar-refractivity contribution is 5.82. The van der Waals surface area contributed by atoms with Crippen molar-refractivity contribution in [2.24, 2.45) is 5.10 Å². The van der Waals surface area contributed by atoms with E-state index < -0.39 is 10.8 Å². The molecule has 2 aromatic rings. The average molecular weight is 300 g/mol. The molecule has 0 aliphatic carbocycles. The minimum Gasteiger partial charge on any atom is -0.483 e. The highest BCUT2D eigenvalue weighted by Gasteiger charge is 2.07. The number of ether oxygens (including phenoxy) is 1. The van der Waals surface area contributed by atoms with E-state index in [0.29, 0.717) is 0 Å². The van der Waals surface area contributed by atoms with Gasteiger partial charge in [0.2, 0.25) is 0 Å². The summed E-state index contributed by atoms with van der Waals surface area (Å²) in [6, 6.07) is 9.05. The Morgan fingerprint density at radius 1 is 1.36 bits per heavy atom. The van der Waals surface area contributed by atoms with Gasteiger partial charge in [0.25, 0.3) is 11.6 Å². The number of nitro benzene ring substituents is 1. The first-order chi connectivity index (χ1) is 10.6. The maximum atomic E-state index is 11.5. The molecule has 0 saturated heterocycles. The van der Waals surface area contributed by atoms with Crippen LogP contribution < -0.4 is 10.2 Å². The number of nitro groups is 1. The molecule has 0 aliphatic heterocycles. The molecule has 1 aromatic heterocycles. The first-order valence-corrected chi connectivity index (χ1v) is 6.24. The number of nitrogens with one attached hydrogen (secondary N) is 1. The zero-order valence-electron chi connectivity index (χ0n) is 11.4. The van der Waals surface area contributed by atoms with Crippen LogP contribution in [-0.2, 0) is 4.79 Å². The van der Waals surface area contributed by atoms with Crippen molar-refractivity contribution >= 4 is 17.8 Å². The van der Waals surface area contributed by atoms with Gasteiger partial charge in [-0.25, -0.2) is 5.43 Å². The van der Waals surface area contributed by atoms with Crippen molar-refractivity contribution in [2.45, 2.75) is 0 Å². The van der Waals surface area contributed by atoms with E-state index in [2.05, 4.69) is 15.5 Å². The third kappa shape index (κ3) is 4.67. The van der Waals surface area contributed by atoms with E-state index >= 15 is 0 Å². The molecule has 112 valence electrons. The fourth-order valence-corrected chi connectivity index (χ4v) is 1.50. The monoisotopic (exact) mass is 300 g/mol. The predicted molar refractivity (Wildman–Crippen MR) is 78.6 cm³/mol. The molecule has 0 bridgehead atoms. The summed E-state index contributed by atoms with van der Waals surface area (Å²) in [7, 11) is 0. The SMILES string of the molecule is O=C(COc1cccc([N+](=O)[O-])c1)NN=Cc1ccncc1. The van der Waals surface area contributed by atoms with E-state index in [0.717, 1.165) is 5.56 Å². The molecule has 0 fully saturated rings. The number of non-ortho nitro benzene ring substituents is 1. The molecular formula is C14H12N4O4. The van der Waals surface area contributed by atoms with Crippen molar-refractivity contribution in [1.82, 2.24) is 10.4 Å². The van der Waals surface area contributed by atoms with Crippen molar-refractivity contribution in [2.75, 3.05) is 6.61 Å².